The normalized spacial score (nSPS) is 11.4. The van der Waals surface area contributed by atoms with Gasteiger partial charge < -0.3 is 14.0 Å². The van der Waals surface area contributed by atoms with E-state index in [1.54, 1.807) is 12.1 Å². The highest BCUT2D eigenvalue weighted by Crippen LogP contribution is 2.31. The first-order valence-electron chi connectivity index (χ1n) is 7.71. The number of hydrogen-bond donors (Lipinski definition) is 0. The van der Waals surface area contributed by atoms with Gasteiger partial charge in [0.15, 0.2) is 0 Å². The van der Waals surface area contributed by atoms with Gasteiger partial charge in [0.25, 0.3) is 0 Å². The van der Waals surface area contributed by atoms with Crippen molar-refractivity contribution in [3.63, 3.8) is 0 Å². The lowest BCUT2D eigenvalue weighted by molar-refractivity contribution is -0.148. The highest BCUT2D eigenvalue weighted by molar-refractivity contribution is 5.93. The molecule has 2 aromatic carbocycles. The largest absolute Gasteiger partial charge is 0.465 e. The first kappa shape index (κ1) is 18.4. The van der Waals surface area contributed by atoms with Crippen LogP contribution in [-0.2, 0) is 22.3 Å². The number of fused-ring (bicyclic) bond motifs is 1. The van der Waals surface area contributed by atoms with Crippen molar-refractivity contribution in [1.82, 2.24) is 9.55 Å². The summed E-state index contributed by atoms with van der Waals surface area (Å²) in [5.41, 5.74) is 0.232. The second-order valence-corrected chi connectivity index (χ2v) is 5.47. The van der Waals surface area contributed by atoms with Crippen molar-refractivity contribution in [2.75, 3.05) is 7.11 Å². The molecule has 3 aromatic rings. The summed E-state index contributed by atoms with van der Waals surface area (Å²) in [7, 11) is 1.16. The van der Waals surface area contributed by atoms with Crippen LogP contribution in [0.15, 0.2) is 48.5 Å². The Kier molecular flexibility index (Phi) is 4.85. The molecule has 0 saturated heterocycles. The van der Waals surface area contributed by atoms with E-state index >= 15 is 0 Å². The van der Waals surface area contributed by atoms with E-state index in [-0.39, 0.29) is 22.3 Å². The van der Waals surface area contributed by atoms with Crippen molar-refractivity contribution in [1.29, 1.82) is 0 Å². The van der Waals surface area contributed by atoms with Gasteiger partial charge in [0, 0.05) is 0 Å². The number of alkyl halides is 3. The number of aromatic nitrogens is 2. The second kappa shape index (κ2) is 7.10. The van der Waals surface area contributed by atoms with Crippen molar-refractivity contribution in [3.05, 3.63) is 59.9 Å². The fourth-order valence-corrected chi connectivity index (χ4v) is 2.57. The Labute approximate surface area is 151 Å². The SMILES string of the molecule is COC(=O)c1ccccc1OC(=O)Cn1c(C(F)(F)F)nc2ccccc21. The van der Waals surface area contributed by atoms with Gasteiger partial charge in [0.1, 0.15) is 17.9 Å². The van der Waals surface area contributed by atoms with E-state index in [0.717, 1.165) is 11.7 Å². The zero-order valence-corrected chi connectivity index (χ0v) is 14.0. The second-order valence-electron chi connectivity index (χ2n) is 5.47. The Morgan fingerprint density at radius 2 is 1.74 bits per heavy atom. The van der Waals surface area contributed by atoms with E-state index in [1.165, 1.54) is 36.4 Å². The molecule has 0 radical (unpaired) electrons. The highest BCUT2D eigenvalue weighted by Gasteiger charge is 2.38. The standard InChI is InChI=1S/C18H13F3N2O4/c1-26-16(25)11-6-2-5-9-14(11)27-15(24)10-23-13-8-4-3-7-12(13)22-17(23)18(19,20)21/h2-9H,10H2,1H3. The molecule has 1 heterocycles. The molecule has 0 spiro atoms. The van der Waals surface area contributed by atoms with Gasteiger partial charge in [-0.15, -0.1) is 0 Å². The van der Waals surface area contributed by atoms with Crippen LogP contribution in [0.3, 0.4) is 0 Å². The smallest absolute Gasteiger partial charge is 0.449 e. The van der Waals surface area contributed by atoms with Gasteiger partial charge in [-0.25, -0.2) is 14.6 Å². The van der Waals surface area contributed by atoms with Gasteiger partial charge in [-0.1, -0.05) is 24.3 Å². The lowest BCUT2D eigenvalue weighted by Gasteiger charge is -2.12. The van der Waals surface area contributed by atoms with E-state index < -0.39 is 30.5 Å². The molecule has 0 aliphatic carbocycles. The number of rotatable bonds is 4. The summed E-state index contributed by atoms with van der Waals surface area (Å²) < 4.78 is 50.3. The minimum atomic E-state index is -4.75. The summed E-state index contributed by atoms with van der Waals surface area (Å²) in [5.74, 6) is -3.03. The Bertz CT molecular complexity index is 1010. The highest BCUT2D eigenvalue weighted by atomic mass is 19.4. The molecule has 3 rings (SSSR count). The maximum atomic E-state index is 13.3. The molecular formula is C18H13F3N2O4. The maximum absolute atomic E-state index is 13.3. The summed E-state index contributed by atoms with van der Waals surface area (Å²) in [6.45, 7) is -0.731. The molecule has 0 bridgehead atoms. The van der Waals surface area contributed by atoms with E-state index in [2.05, 4.69) is 9.72 Å². The number of methoxy groups -OCH3 is 1. The summed E-state index contributed by atoms with van der Waals surface area (Å²) in [5, 5.41) is 0. The maximum Gasteiger partial charge on any atom is 0.449 e. The molecule has 0 unspecified atom stereocenters. The number of imidazole rings is 1. The minimum Gasteiger partial charge on any atom is -0.465 e. The molecule has 0 aliphatic rings. The molecule has 140 valence electrons. The summed E-state index contributed by atoms with van der Waals surface area (Å²) in [6, 6.07) is 11.7. The number of carbonyl (C=O) groups is 2. The number of ether oxygens (including phenoxy) is 2. The van der Waals surface area contributed by atoms with Crippen molar-refractivity contribution in [2.24, 2.45) is 0 Å². The van der Waals surface area contributed by atoms with Crippen LogP contribution in [0.25, 0.3) is 11.0 Å². The Hall–Kier alpha value is -3.36. The quantitative estimate of drug-likeness (QED) is 0.514. The predicted molar refractivity (Wildman–Crippen MR) is 88.2 cm³/mol. The van der Waals surface area contributed by atoms with Crippen LogP contribution < -0.4 is 4.74 Å². The molecule has 6 nitrogen and oxygen atoms in total. The van der Waals surface area contributed by atoms with Gasteiger partial charge in [0.2, 0.25) is 5.82 Å². The molecule has 1 aromatic heterocycles. The van der Waals surface area contributed by atoms with Crippen LogP contribution in [0.1, 0.15) is 16.2 Å². The number of carbonyl (C=O) groups excluding carboxylic acids is 2. The predicted octanol–water partition coefficient (Wildman–Crippen LogP) is 3.45. The number of esters is 2. The molecule has 27 heavy (non-hydrogen) atoms. The van der Waals surface area contributed by atoms with Crippen LogP contribution in [0.5, 0.6) is 5.75 Å². The topological polar surface area (TPSA) is 70.4 Å². The lowest BCUT2D eigenvalue weighted by atomic mass is 10.2. The molecule has 0 fully saturated rings. The van der Waals surface area contributed by atoms with Gasteiger partial charge in [0.05, 0.1) is 18.1 Å². The Balaban J connectivity index is 1.93. The Morgan fingerprint density at radius 1 is 1.07 bits per heavy atom. The van der Waals surface area contributed by atoms with Crippen LogP contribution in [0.4, 0.5) is 13.2 Å². The van der Waals surface area contributed by atoms with Crippen LogP contribution in [-0.4, -0.2) is 28.6 Å². The fourth-order valence-electron chi connectivity index (χ4n) is 2.57. The Morgan fingerprint density at radius 3 is 2.44 bits per heavy atom. The summed E-state index contributed by atoms with van der Waals surface area (Å²) >= 11 is 0. The molecule has 0 atom stereocenters. The van der Waals surface area contributed by atoms with Gasteiger partial charge in [-0.3, -0.25) is 0 Å². The average molecular weight is 378 g/mol. The van der Waals surface area contributed by atoms with Crippen molar-refractivity contribution in [3.8, 4) is 5.75 Å². The summed E-state index contributed by atoms with van der Waals surface area (Å²) in [4.78, 5) is 27.6. The van der Waals surface area contributed by atoms with E-state index in [0.29, 0.717) is 0 Å². The summed E-state index contributed by atoms with van der Waals surface area (Å²) in [6.07, 6.45) is -4.75. The van der Waals surface area contributed by atoms with E-state index in [4.69, 9.17) is 4.74 Å². The third-order valence-electron chi connectivity index (χ3n) is 3.71. The third-order valence-corrected chi connectivity index (χ3v) is 3.71. The first-order valence-corrected chi connectivity index (χ1v) is 7.71. The van der Waals surface area contributed by atoms with Crippen molar-refractivity contribution >= 4 is 23.0 Å². The first-order chi connectivity index (χ1) is 12.8. The lowest BCUT2D eigenvalue weighted by Crippen LogP contribution is -2.22. The number of nitrogens with zero attached hydrogens (tertiary/aromatic N) is 2. The molecule has 0 N–H and O–H groups in total. The van der Waals surface area contributed by atoms with Crippen LogP contribution >= 0.6 is 0 Å². The number of hydrogen-bond acceptors (Lipinski definition) is 5. The molecule has 0 aliphatic heterocycles. The molecule has 9 heteroatoms. The minimum absolute atomic E-state index is 0.0140. The van der Waals surface area contributed by atoms with Crippen molar-refractivity contribution in [2.45, 2.75) is 12.7 Å². The fraction of sp³-hybridized carbons (Fsp3) is 0.167. The number of para-hydroxylation sites is 3. The third kappa shape index (κ3) is 3.76. The van der Waals surface area contributed by atoms with Crippen LogP contribution in [0, 0.1) is 0 Å². The average Bonchev–Trinajstić information content (AvgIpc) is 3.00. The van der Waals surface area contributed by atoms with E-state index in [9.17, 15) is 22.8 Å². The van der Waals surface area contributed by atoms with Gasteiger partial charge >= 0.3 is 18.1 Å². The zero-order chi connectivity index (χ0) is 19.6. The number of halogens is 3. The zero-order valence-electron chi connectivity index (χ0n) is 14.0. The molecule has 0 saturated carbocycles. The molecule has 0 amide bonds. The monoisotopic (exact) mass is 378 g/mol. The van der Waals surface area contributed by atoms with Crippen molar-refractivity contribution < 1.29 is 32.2 Å². The number of benzene rings is 2. The van der Waals surface area contributed by atoms with Crippen LogP contribution in [0.2, 0.25) is 0 Å². The van der Waals surface area contributed by atoms with Gasteiger partial charge in [-0.05, 0) is 24.3 Å². The van der Waals surface area contributed by atoms with E-state index in [1.807, 2.05) is 0 Å². The van der Waals surface area contributed by atoms with Gasteiger partial charge in [-0.2, -0.15) is 13.2 Å². The molecular weight excluding hydrogens is 365 g/mol.